The molecule has 1 rings (SSSR count). The summed E-state index contributed by atoms with van der Waals surface area (Å²) in [6.45, 7) is 3.17. The Morgan fingerprint density at radius 2 is 1.04 bits per heavy atom. The molecule has 0 radical (unpaired) electrons. The maximum Gasteiger partial charge on any atom is 0.472 e. The van der Waals surface area contributed by atoms with Gasteiger partial charge < -0.3 is 39.9 Å². The number of allylic oxidation sites excluding steroid dienone is 4. The van der Waals surface area contributed by atoms with Gasteiger partial charge in [-0.3, -0.25) is 18.6 Å². The van der Waals surface area contributed by atoms with E-state index in [0.717, 1.165) is 70.6 Å². The molecule has 1 fully saturated rings. The van der Waals surface area contributed by atoms with E-state index in [0.29, 0.717) is 12.8 Å². The second-order valence-electron chi connectivity index (χ2n) is 13.5. The van der Waals surface area contributed by atoms with E-state index >= 15 is 0 Å². The molecule has 0 aromatic carbocycles. The smallest absolute Gasteiger partial charge is 0.462 e. The van der Waals surface area contributed by atoms with E-state index in [2.05, 4.69) is 38.2 Å². The fraction of sp³-hybridized carbons (Fsp3) is 0.838. The summed E-state index contributed by atoms with van der Waals surface area (Å²) in [4.78, 5) is 35.3. The van der Waals surface area contributed by atoms with Gasteiger partial charge in [0.15, 0.2) is 6.10 Å². The highest BCUT2D eigenvalue weighted by molar-refractivity contribution is 7.47. The SMILES string of the molecule is CCCCCC/C=C/C=C/CCCCCCCC(=O)O[C@H](COC(=O)CCCCCCCCC)COP(=O)(O)OC1C(O)C(O)C(O)[C@@H](O)C1O. The largest absolute Gasteiger partial charge is 0.472 e. The predicted octanol–water partition coefficient (Wildman–Crippen LogP) is 5.72. The van der Waals surface area contributed by atoms with Crippen molar-refractivity contribution in [1.82, 2.24) is 0 Å². The van der Waals surface area contributed by atoms with Gasteiger partial charge in [0, 0.05) is 12.8 Å². The van der Waals surface area contributed by atoms with E-state index < -0.39 is 75.7 Å². The lowest BCUT2D eigenvalue weighted by atomic mass is 9.85. The summed E-state index contributed by atoms with van der Waals surface area (Å²) in [7, 11) is -5.10. The van der Waals surface area contributed by atoms with Crippen molar-refractivity contribution in [1.29, 1.82) is 0 Å². The van der Waals surface area contributed by atoms with Crippen molar-refractivity contribution in [2.75, 3.05) is 13.2 Å². The third-order valence-corrected chi connectivity index (χ3v) is 9.81. The molecule has 6 N–H and O–H groups in total. The molecule has 13 nitrogen and oxygen atoms in total. The number of rotatable bonds is 30. The molecule has 298 valence electrons. The van der Waals surface area contributed by atoms with Crippen LogP contribution in [0.1, 0.15) is 142 Å². The number of carbonyl (C=O) groups excluding carboxylic acids is 2. The molecule has 51 heavy (non-hydrogen) atoms. The summed E-state index contributed by atoms with van der Waals surface area (Å²) in [5.41, 5.74) is 0. The minimum atomic E-state index is -5.10. The Balaban J connectivity index is 2.54. The Kier molecular flexibility index (Phi) is 26.7. The summed E-state index contributed by atoms with van der Waals surface area (Å²) in [6.07, 6.45) is 14.2. The molecule has 8 atom stereocenters. The maximum absolute atomic E-state index is 12.7. The summed E-state index contributed by atoms with van der Waals surface area (Å²) in [5, 5.41) is 49.8. The van der Waals surface area contributed by atoms with Gasteiger partial charge in [-0.1, -0.05) is 115 Å². The first-order valence-corrected chi connectivity index (χ1v) is 20.7. The van der Waals surface area contributed by atoms with Crippen LogP contribution in [0.25, 0.3) is 0 Å². The van der Waals surface area contributed by atoms with Crippen molar-refractivity contribution in [3.8, 4) is 0 Å². The second-order valence-corrected chi connectivity index (χ2v) is 14.9. The molecule has 14 heteroatoms. The third-order valence-electron chi connectivity index (χ3n) is 8.82. The molecule has 6 unspecified atom stereocenters. The van der Waals surface area contributed by atoms with Crippen LogP contribution < -0.4 is 0 Å². The normalized spacial score (nSPS) is 24.2. The van der Waals surface area contributed by atoms with Gasteiger partial charge in [0.25, 0.3) is 0 Å². The van der Waals surface area contributed by atoms with E-state index in [1.807, 2.05) is 0 Å². The molecule has 0 saturated heterocycles. The molecule has 0 spiro atoms. The number of esters is 2. The number of aliphatic hydroxyl groups excluding tert-OH is 5. The van der Waals surface area contributed by atoms with Crippen LogP contribution in [0, 0.1) is 0 Å². The Labute approximate surface area is 305 Å². The van der Waals surface area contributed by atoms with Crippen LogP contribution in [0.5, 0.6) is 0 Å². The van der Waals surface area contributed by atoms with E-state index in [4.69, 9.17) is 18.5 Å². The first-order chi connectivity index (χ1) is 24.4. The Morgan fingerprint density at radius 3 is 1.57 bits per heavy atom. The zero-order valence-electron chi connectivity index (χ0n) is 30.9. The monoisotopic (exact) mass is 750 g/mol. The second kappa shape index (κ2) is 28.8. The number of carbonyl (C=O) groups is 2. The fourth-order valence-corrected chi connectivity index (χ4v) is 6.60. The number of phosphoric ester groups is 1. The van der Waals surface area contributed by atoms with Crippen molar-refractivity contribution in [2.45, 2.75) is 185 Å². The fourth-order valence-electron chi connectivity index (χ4n) is 5.63. The zero-order chi connectivity index (χ0) is 37.9. The van der Waals surface area contributed by atoms with Crippen LogP contribution in [-0.2, 0) is 32.7 Å². The van der Waals surface area contributed by atoms with Gasteiger partial charge in [-0.2, -0.15) is 0 Å². The van der Waals surface area contributed by atoms with E-state index in [1.54, 1.807) is 0 Å². The summed E-state index contributed by atoms with van der Waals surface area (Å²) < 4.78 is 33.2. The standard InChI is InChI=1S/C37H67O13P/c1-3-5-7-9-11-12-13-14-15-16-17-18-20-22-24-26-31(39)49-29(27-47-30(38)25-23-21-19-10-8-6-4-2)28-48-51(45,46)50-37-35(43)33(41)32(40)34(42)36(37)44/h12-15,29,32-37,40-44H,3-11,16-28H2,1-2H3,(H,45,46)/b13-12+,15-14+/t29-,32?,33-,34?,35?,36?,37?/m1/s1. The van der Waals surface area contributed by atoms with Crippen LogP contribution in [0.3, 0.4) is 0 Å². The highest BCUT2D eigenvalue weighted by Crippen LogP contribution is 2.47. The van der Waals surface area contributed by atoms with Gasteiger partial charge in [-0.15, -0.1) is 0 Å². The Hall–Kier alpha value is -1.67. The molecule has 0 amide bonds. The van der Waals surface area contributed by atoms with Crippen molar-refractivity contribution in [3.63, 3.8) is 0 Å². The quantitative estimate of drug-likeness (QED) is 0.0225. The van der Waals surface area contributed by atoms with Crippen molar-refractivity contribution < 1.29 is 63.1 Å². The highest BCUT2D eigenvalue weighted by atomic mass is 31.2. The summed E-state index contributed by atoms with van der Waals surface area (Å²) in [6, 6.07) is 0. The Bertz CT molecular complexity index is 1010. The van der Waals surface area contributed by atoms with Gasteiger partial charge >= 0.3 is 19.8 Å². The minimum absolute atomic E-state index is 0.0806. The van der Waals surface area contributed by atoms with Crippen LogP contribution in [0.15, 0.2) is 24.3 Å². The number of hydrogen-bond acceptors (Lipinski definition) is 12. The average molecular weight is 751 g/mol. The van der Waals surface area contributed by atoms with E-state index in [9.17, 15) is 44.6 Å². The summed E-state index contributed by atoms with van der Waals surface area (Å²) in [5.74, 6) is -1.13. The lowest BCUT2D eigenvalue weighted by molar-refractivity contribution is -0.220. The van der Waals surface area contributed by atoms with Crippen LogP contribution in [-0.4, -0.2) is 98.3 Å². The zero-order valence-corrected chi connectivity index (χ0v) is 31.8. The summed E-state index contributed by atoms with van der Waals surface area (Å²) >= 11 is 0. The molecular weight excluding hydrogens is 683 g/mol. The van der Waals surface area contributed by atoms with Crippen molar-refractivity contribution in [2.24, 2.45) is 0 Å². The third kappa shape index (κ3) is 22.2. The first kappa shape index (κ1) is 47.4. The molecule has 0 aromatic rings. The van der Waals surface area contributed by atoms with Gasteiger partial charge in [-0.05, 0) is 38.5 Å². The highest BCUT2D eigenvalue weighted by Gasteiger charge is 2.51. The molecular formula is C37H67O13P. The predicted molar refractivity (Wildman–Crippen MR) is 193 cm³/mol. The van der Waals surface area contributed by atoms with Gasteiger partial charge in [0.05, 0.1) is 6.61 Å². The molecule has 0 heterocycles. The lowest BCUT2D eigenvalue weighted by Gasteiger charge is -2.41. The van der Waals surface area contributed by atoms with Gasteiger partial charge in [-0.25, -0.2) is 4.57 Å². The molecule has 0 bridgehead atoms. The molecule has 1 saturated carbocycles. The minimum Gasteiger partial charge on any atom is -0.462 e. The average Bonchev–Trinajstić information content (AvgIpc) is 3.10. The number of phosphoric acid groups is 1. The van der Waals surface area contributed by atoms with Crippen LogP contribution in [0.4, 0.5) is 0 Å². The number of aliphatic hydroxyl groups is 5. The van der Waals surface area contributed by atoms with Gasteiger partial charge in [0.1, 0.15) is 43.2 Å². The number of ether oxygens (including phenoxy) is 2. The number of unbranched alkanes of at least 4 members (excludes halogenated alkanes) is 15. The van der Waals surface area contributed by atoms with E-state index in [1.165, 1.54) is 32.1 Å². The van der Waals surface area contributed by atoms with E-state index in [-0.39, 0.29) is 12.8 Å². The topological polar surface area (TPSA) is 210 Å². The first-order valence-electron chi connectivity index (χ1n) is 19.2. The lowest BCUT2D eigenvalue weighted by Crippen LogP contribution is -2.64. The van der Waals surface area contributed by atoms with Crippen molar-refractivity contribution >= 4 is 19.8 Å². The van der Waals surface area contributed by atoms with Gasteiger partial charge in [0.2, 0.25) is 0 Å². The van der Waals surface area contributed by atoms with Crippen LogP contribution in [0.2, 0.25) is 0 Å². The maximum atomic E-state index is 12.7. The Morgan fingerprint density at radius 1 is 0.608 bits per heavy atom. The molecule has 1 aliphatic carbocycles. The van der Waals surface area contributed by atoms with Crippen LogP contribution >= 0.6 is 7.82 Å². The molecule has 0 aromatic heterocycles. The van der Waals surface area contributed by atoms with Crippen molar-refractivity contribution in [3.05, 3.63) is 24.3 Å². The molecule has 0 aliphatic heterocycles. The molecule has 1 aliphatic rings. The number of hydrogen-bond donors (Lipinski definition) is 6.